The average molecular weight is 268 g/mol. The van der Waals surface area contributed by atoms with Crippen LogP contribution in [0.3, 0.4) is 0 Å². The van der Waals surface area contributed by atoms with Crippen molar-refractivity contribution >= 4 is 17.3 Å². The second-order valence-electron chi connectivity index (χ2n) is 5.50. The van der Waals surface area contributed by atoms with E-state index in [4.69, 9.17) is 11.6 Å². The summed E-state index contributed by atoms with van der Waals surface area (Å²) < 4.78 is 0. The molecule has 1 aliphatic rings. The Balaban J connectivity index is 2.25. The van der Waals surface area contributed by atoms with Crippen LogP contribution in [0.5, 0.6) is 0 Å². The van der Waals surface area contributed by atoms with Crippen LogP contribution in [0.25, 0.3) is 0 Å². The lowest BCUT2D eigenvalue weighted by atomic mass is 10.1. The molecule has 2 unspecified atom stereocenters. The van der Waals surface area contributed by atoms with Crippen LogP contribution in [0, 0.1) is 12.8 Å². The molecule has 2 rings (SSSR count). The number of likely N-dealkylation sites (N-methyl/N-ethyl adjacent to an activating group) is 1. The van der Waals surface area contributed by atoms with Crippen molar-refractivity contribution < 1.29 is 0 Å². The smallest absolute Gasteiger partial charge is 0.0509 e. The number of pyridine rings is 1. The Kier molecular flexibility index (Phi) is 4.13. The first-order valence-electron chi connectivity index (χ1n) is 6.45. The molecule has 1 aliphatic heterocycles. The molecule has 1 fully saturated rings. The SMILES string of the molecule is Cc1cc(N2CC(C)C(N(C)C)C2)c(CCl)cn1. The van der Waals surface area contributed by atoms with Crippen LogP contribution in [-0.4, -0.2) is 43.1 Å². The van der Waals surface area contributed by atoms with E-state index >= 15 is 0 Å². The molecular formula is C14H22ClN3. The monoisotopic (exact) mass is 267 g/mol. The Hall–Kier alpha value is -0.800. The predicted molar refractivity (Wildman–Crippen MR) is 77.4 cm³/mol. The van der Waals surface area contributed by atoms with E-state index < -0.39 is 0 Å². The lowest BCUT2D eigenvalue weighted by Gasteiger charge is -2.24. The van der Waals surface area contributed by atoms with Gasteiger partial charge in [-0.15, -0.1) is 11.6 Å². The summed E-state index contributed by atoms with van der Waals surface area (Å²) in [5.74, 6) is 1.21. The van der Waals surface area contributed by atoms with Crippen molar-refractivity contribution in [3.8, 4) is 0 Å². The molecule has 0 aromatic carbocycles. The molecule has 0 radical (unpaired) electrons. The maximum atomic E-state index is 6.02. The Labute approximate surface area is 115 Å². The molecular weight excluding hydrogens is 246 g/mol. The summed E-state index contributed by atoms with van der Waals surface area (Å²) in [6, 6.07) is 2.77. The summed E-state index contributed by atoms with van der Waals surface area (Å²) in [6.45, 7) is 6.52. The van der Waals surface area contributed by atoms with Gasteiger partial charge in [0.05, 0.1) is 5.88 Å². The molecule has 3 nitrogen and oxygen atoms in total. The highest BCUT2D eigenvalue weighted by atomic mass is 35.5. The van der Waals surface area contributed by atoms with E-state index in [2.05, 4.69) is 41.9 Å². The van der Waals surface area contributed by atoms with Gasteiger partial charge in [-0.05, 0) is 33.0 Å². The summed E-state index contributed by atoms with van der Waals surface area (Å²) in [4.78, 5) is 9.10. The second kappa shape index (κ2) is 5.45. The normalized spacial score (nSPS) is 24.0. The number of hydrogen-bond acceptors (Lipinski definition) is 3. The molecule has 100 valence electrons. The number of aryl methyl sites for hydroxylation is 1. The molecule has 0 N–H and O–H groups in total. The highest BCUT2D eigenvalue weighted by molar-refractivity contribution is 6.17. The van der Waals surface area contributed by atoms with Crippen molar-refractivity contribution in [2.75, 3.05) is 32.1 Å². The van der Waals surface area contributed by atoms with Gasteiger partial charge in [-0.2, -0.15) is 0 Å². The molecule has 2 atom stereocenters. The maximum Gasteiger partial charge on any atom is 0.0509 e. The van der Waals surface area contributed by atoms with E-state index in [1.165, 1.54) is 5.69 Å². The minimum absolute atomic E-state index is 0.528. The highest BCUT2D eigenvalue weighted by Gasteiger charge is 2.31. The molecule has 2 heterocycles. The number of nitrogens with zero attached hydrogens (tertiary/aromatic N) is 3. The van der Waals surface area contributed by atoms with E-state index in [1.54, 1.807) is 0 Å². The summed E-state index contributed by atoms with van der Waals surface area (Å²) in [7, 11) is 4.32. The maximum absolute atomic E-state index is 6.02. The summed E-state index contributed by atoms with van der Waals surface area (Å²) in [5.41, 5.74) is 3.45. The third-order valence-corrected chi connectivity index (χ3v) is 4.11. The van der Waals surface area contributed by atoms with Crippen molar-refractivity contribution in [3.05, 3.63) is 23.5 Å². The summed E-state index contributed by atoms with van der Waals surface area (Å²) in [5, 5.41) is 0. The first-order chi connectivity index (χ1) is 8.52. The van der Waals surface area contributed by atoms with Gasteiger partial charge in [-0.3, -0.25) is 4.98 Å². The van der Waals surface area contributed by atoms with Gasteiger partial charge in [0.15, 0.2) is 0 Å². The molecule has 0 amide bonds. The first kappa shape index (κ1) is 13.6. The predicted octanol–water partition coefficient (Wildman–Crippen LogP) is 2.52. The number of alkyl halides is 1. The zero-order chi connectivity index (χ0) is 13.3. The largest absolute Gasteiger partial charge is 0.369 e. The highest BCUT2D eigenvalue weighted by Crippen LogP contribution is 2.29. The third kappa shape index (κ3) is 2.62. The molecule has 0 spiro atoms. The number of halogens is 1. The van der Waals surface area contributed by atoms with Crippen LogP contribution in [0.2, 0.25) is 0 Å². The van der Waals surface area contributed by atoms with E-state index in [0.717, 1.165) is 24.3 Å². The number of aromatic nitrogens is 1. The quantitative estimate of drug-likeness (QED) is 0.785. The number of hydrogen-bond donors (Lipinski definition) is 0. The Bertz CT molecular complexity index is 420. The Morgan fingerprint density at radius 1 is 1.44 bits per heavy atom. The molecule has 0 bridgehead atoms. The van der Waals surface area contributed by atoms with Crippen molar-refractivity contribution in [1.82, 2.24) is 9.88 Å². The van der Waals surface area contributed by atoms with Gasteiger partial charge >= 0.3 is 0 Å². The number of anilines is 1. The van der Waals surface area contributed by atoms with E-state index in [9.17, 15) is 0 Å². The van der Waals surface area contributed by atoms with Crippen LogP contribution in [0.15, 0.2) is 12.3 Å². The fourth-order valence-electron chi connectivity index (χ4n) is 2.79. The molecule has 0 aliphatic carbocycles. The first-order valence-corrected chi connectivity index (χ1v) is 6.99. The van der Waals surface area contributed by atoms with Gasteiger partial charge in [-0.1, -0.05) is 6.92 Å². The van der Waals surface area contributed by atoms with Crippen LogP contribution in [0.1, 0.15) is 18.2 Å². The summed E-state index contributed by atoms with van der Waals surface area (Å²) in [6.07, 6.45) is 1.91. The zero-order valence-electron chi connectivity index (χ0n) is 11.7. The van der Waals surface area contributed by atoms with E-state index in [-0.39, 0.29) is 0 Å². The molecule has 1 aromatic rings. The van der Waals surface area contributed by atoms with Crippen molar-refractivity contribution in [1.29, 1.82) is 0 Å². The van der Waals surface area contributed by atoms with Crippen molar-refractivity contribution in [3.63, 3.8) is 0 Å². The second-order valence-corrected chi connectivity index (χ2v) is 5.77. The zero-order valence-corrected chi connectivity index (χ0v) is 12.4. The third-order valence-electron chi connectivity index (χ3n) is 3.82. The lowest BCUT2D eigenvalue weighted by Crippen LogP contribution is -2.34. The summed E-state index contributed by atoms with van der Waals surface area (Å²) >= 11 is 6.02. The van der Waals surface area contributed by atoms with Crippen molar-refractivity contribution in [2.24, 2.45) is 5.92 Å². The lowest BCUT2D eigenvalue weighted by molar-refractivity contribution is 0.266. The minimum Gasteiger partial charge on any atom is -0.369 e. The number of rotatable bonds is 3. The van der Waals surface area contributed by atoms with Gasteiger partial charge in [-0.25, -0.2) is 0 Å². The van der Waals surface area contributed by atoms with Crippen LogP contribution < -0.4 is 4.90 Å². The van der Waals surface area contributed by atoms with Gasteiger partial charge < -0.3 is 9.80 Å². The van der Waals surface area contributed by atoms with Gasteiger partial charge in [0.1, 0.15) is 0 Å². The van der Waals surface area contributed by atoms with Gasteiger partial charge in [0.2, 0.25) is 0 Å². The molecule has 0 saturated carbocycles. The van der Waals surface area contributed by atoms with Crippen LogP contribution >= 0.6 is 11.6 Å². The Morgan fingerprint density at radius 2 is 2.17 bits per heavy atom. The fourth-order valence-corrected chi connectivity index (χ4v) is 3.00. The van der Waals surface area contributed by atoms with Crippen LogP contribution in [0.4, 0.5) is 5.69 Å². The van der Waals surface area contributed by atoms with E-state index in [0.29, 0.717) is 17.8 Å². The van der Waals surface area contributed by atoms with Gasteiger partial charge in [0, 0.05) is 42.3 Å². The Morgan fingerprint density at radius 3 is 2.72 bits per heavy atom. The fraction of sp³-hybridized carbons (Fsp3) is 0.643. The topological polar surface area (TPSA) is 19.4 Å². The molecule has 4 heteroatoms. The molecule has 1 aromatic heterocycles. The van der Waals surface area contributed by atoms with Gasteiger partial charge in [0.25, 0.3) is 0 Å². The van der Waals surface area contributed by atoms with E-state index in [1.807, 2.05) is 13.1 Å². The van der Waals surface area contributed by atoms with Crippen molar-refractivity contribution in [2.45, 2.75) is 25.8 Å². The standard InChI is InChI=1S/C14H22ClN3/c1-10-8-18(9-14(10)17(3)4)13-5-11(2)16-7-12(13)6-15/h5,7,10,14H,6,8-9H2,1-4H3. The molecule has 1 saturated heterocycles. The van der Waals surface area contributed by atoms with Crippen LogP contribution in [-0.2, 0) is 5.88 Å². The molecule has 18 heavy (non-hydrogen) atoms. The average Bonchev–Trinajstić information content (AvgIpc) is 2.71. The minimum atomic E-state index is 0.528.